The van der Waals surface area contributed by atoms with Gasteiger partial charge in [0.25, 0.3) is 0 Å². The number of esters is 1. The van der Waals surface area contributed by atoms with Crippen molar-refractivity contribution >= 4 is 21.9 Å². The lowest BCUT2D eigenvalue weighted by atomic mass is 10.0. The first-order chi connectivity index (χ1) is 14.4. The van der Waals surface area contributed by atoms with Crippen molar-refractivity contribution < 1.29 is 35.8 Å². The van der Waals surface area contributed by atoms with Gasteiger partial charge in [-0.2, -0.15) is 8.42 Å². The molecule has 0 saturated carbocycles. The van der Waals surface area contributed by atoms with Gasteiger partial charge in [-0.25, -0.2) is 4.79 Å². The lowest BCUT2D eigenvalue weighted by Crippen LogP contribution is -2.16. The molecule has 0 saturated heterocycles. The van der Waals surface area contributed by atoms with E-state index in [9.17, 15) is 18.0 Å². The molecule has 2 aromatic rings. The highest BCUT2D eigenvalue weighted by Crippen LogP contribution is 2.32. The van der Waals surface area contributed by atoms with Gasteiger partial charge in [-0.15, -0.1) is 0 Å². The van der Waals surface area contributed by atoms with Crippen LogP contribution in [-0.4, -0.2) is 27.3 Å². The molecule has 0 aromatic heterocycles. The molecular weight excluding hydrogens is 386 g/mol. The fraction of sp³-hybridized carbons (Fsp3) is 0.158. The van der Waals surface area contributed by atoms with Crippen molar-refractivity contribution in [1.82, 2.24) is 0 Å². The van der Waals surface area contributed by atoms with Gasteiger partial charge in [0.2, 0.25) is 17.4 Å². The second kappa shape index (κ2) is 7.73. The van der Waals surface area contributed by atoms with Gasteiger partial charge in [0, 0.05) is 5.56 Å². The van der Waals surface area contributed by atoms with Gasteiger partial charge in [0.05, 0.1) is 16.8 Å². The van der Waals surface area contributed by atoms with Crippen LogP contribution in [0.25, 0.3) is 0 Å². The van der Waals surface area contributed by atoms with E-state index < -0.39 is 45.3 Å². The lowest BCUT2D eigenvalue weighted by molar-refractivity contribution is -0.123. The van der Waals surface area contributed by atoms with Crippen LogP contribution in [-0.2, 0) is 34.3 Å². The molecule has 0 unspecified atom stereocenters. The zero-order chi connectivity index (χ0) is 23.0. The van der Waals surface area contributed by atoms with E-state index in [4.69, 9.17) is 18.8 Å². The molecule has 0 radical (unpaired) electrons. The van der Waals surface area contributed by atoms with Crippen LogP contribution in [0.15, 0.2) is 66.2 Å². The predicted octanol–water partition coefficient (Wildman–Crippen LogP) is 1.79. The van der Waals surface area contributed by atoms with Crippen LogP contribution in [0.1, 0.15) is 31.7 Å². The highest BCUT2D eigenvalue weighted by molar-refractivity contribution is 7.86. The molecule has 1 atom stereocenters. The minimum absolute atomic E-state index is 0.0600. The van der Waals surface area contributed by atoms with Crippen LogP contribution in [0.4, 0.5) is 0 Å². The van der Waals surface area contributed by atoms with Crippen molar-refractivity contribution in [2.45, 2.75) is 11.8 Å². The zero-order valence-electron chi connectivity index (χ0n) is 17.5. The van der Waals surface area contributed by atoms with Crippen LogP contribution in [0.3, 0.4) is 0 Å². The summed E-state index contributed by atoms with van der Waals surface area (Å²) in [5.41, 5.74) is 2.45. The molecule has 1 aliphatic rings. The molecular formula is C19H17NO7S. The molecule has 2 aromatic carbocycles. The summed E-state index contributed by atoms with van der Waals surface area (Å²) >= 11 is 0. The third-order valence-electron chi connectivity index (χ3n) is 3.63. The van der Waals surface area contributed by atoms with Crippen molar-refractivity contribution in [2.24, 2.45) is 5.73 Å². The minimum atomic E-state index is -5.07. The van der Waals surface area contributed by atoms with Gasteiger partial charge in [-0.05, 0) is 17.7 Å². The van der Waals surface area contributed by atoms with Gasteiger partial charge >= 0.3 is 16.1 Å². The van der Waals surface area contributed by atoms with E-state index in [2.05, 4.69) is 4.74 Å². The summed E-state index contributed by atoms with van der Waals surface area (Å²) in [5, 5.41) is 0. The van der Waals surface area contributed by atoms with Gasteiger partial charge in [0.1, 0.15) is 5.70 Å². The lowest BCUT2D eigenvalue weighted by Gasteiger charge is -2.10. The first-order valence-electron chi connectivity index (χ1n) is 9.36. The van der Waals surface area contributed by atoms with Crippen molar-refractivity contribution in [3.8, 4) is 0 Å². The SMILES string of the molecule is [2H]C([2H])(c1ccccc1)S(=O)(=O)OC1=C(N)O[C@@]([2H])(c2ccc(C(=O)OC)cc2)C1=O. The zero-order valence-corrected chi connectivity index (χ0v) is 15.4. The molecule has 1 aliphatic heterocycles. The van der Waals surface area contributed by atoms with E-state index in [1.165, 1.54) is 55.6 Å². The second-order valence-electron chi connectivity index (χ2n) is 5.53. The molecule has 0 spiro atoms. The Kier molecular flexibility index (Phi) is 4.33. The Balaban J connectivity index is 1.90. The standard InChI is InChI=1S/C19H17NO7S/c1-25-19(22)14-9-7-13(8-10-14)16-15(21)17(18(20)26-16)27-28(23,24)11-12-5-3-2-4-6-12/h2-10,16H,11,20H2,1H3/t16-/m0/s1/i11D2,16D. The van der Waals surface area contributed by atoms with Crippen molar-refractivity contribution in [3.63, 3.8) is 0 Å². The normalized spacial score (nSPS) is 21.3. The summed E-state index contributed by atoms with van der Waals surface area (Å²) in [6.45, 7) is 0. The number of carbonyl (C=O) groups excluding carboxylic acids is 2. The molecule has 0 aliphatic carbocycles. The Morgan fingerprint density at radius 2 is 1.86 bits per heavy atom. The Labute approximate surface area is 165 Å². The van der Waals surface area contributed by atoms with Crippen LogP contribution < -0.4 is 5.73 Å². The molecule has 3 rings (SSSR count). The van der Waals surface area contributed by atoms with E-state index in [1.807, 2.05) is 0 Å². The summed E-state index contributed by atoms with van der Waals surface area (Å²) in [6, 6.07) is 12.0. The predicted molar refractivity (Wildman–Crippen MR) is 98.0 cm³/mol. The van der Waals surface area contributed by atoms with Gasteiger partial charge < -0.3 is 19.4 Å². The number of nitrogens with two attached hydrogens (primary N) is 1. The minimum Gasteiger partial charge on any atom is -0.465 e. The molecule has 2 N–H and O–H groups in total. The average Bonchev–Trinajstić information content (AvgIpc) is 2.97. The fourth-order valence-electron chi connectivity index (χ4n) is 2.34. The maximum Gasteiger partial charge on any atom is 0.337 e. The van der Waals surface area contributed by atoms with Gasteiger partial charge in [-0.1, -0.05) is 42.5 Å². The van der Waals surface area contributed by atoms with Gasteiger partial charge in [-0.3, -0.25) is 4.79 Å². The third-order valence-corrected chi connectivity index (χ3v) is 4.50. The van der Waals surface area contributed by atoms with Crippen molar-refractivity contribution in [2.75, 3.05) is 7.11 Å². The first kappa shape index (κ1) is 15.7. The van der Waals surface area contributed by atoms with Gasteiger partial charge in [0.15, 0.2) is 6.08 Å². The molecule has 0 bridgehead atoms. The van der Waals surface area contributed by atoms with E-state index in [0.717, 1.165) is 0 Å². The van der Waals surface area contributed by atoms with E-state index in [0.29, 0.717) is 0 Å². The first-order valence-corrected chi connectivity index (χ1v) is 9.27. The quantitative estimate of drug-likeness (QED) is 0.569. The van der Waals surface area contributed by atoms with Crippen LogP contribution in [0, 0.1) is 0 Å². The smallest absolute Gasteiger partial charge is 0.337 e. The average molecular weight is 406 g/mol. The number of hydrogen-bond donors (Lipinski definition) is 1. The van der Waals surface area contributed by atoms with E-state index in [1.54, 1.807) is 6.07 Å². The van der Waals surface area contributed by atoms with Crippen LogP contribution in [0.5, 0.6) is 0 Å². The highest BCUT2D eigenvalue weighted by atomic mass is 32.2. The number of hydrogen-bond acceptors (Lipinski definition) is 8. The van der Waals surface area contributed by atoms with Crippen LogP contribution in [0.2, 0.25) is 0 Å². The number of rotatable bonds is 6. The largest absolute Gasteiger partial charge is 0.465 e. The molecule has 28 heavy (non-hydrogen) atoms. The fourth-order valence-corrected chi connectivity index (χ4v) is 3.19. The number of ether oxygens (including phenoxy) is 2. The summed E-state index contributed by atoms with van der Waals surface area (Å²) in [4.78, 5) is 24.3. The maximum atomic E-state index is 12.8. The maximum absolute atomic E-state index is 12.8. The van der Waals surface area contributed by atoms with E-state index in [-0.39, 0.29) is 16.7 Å². The second-order valence-corrected chi connectivity index (χ2v) is 6.81. The number of carbonyl (C=O) groups is 2. The molecule has 0 fully saturated rings. The monoisotopic (exact) mass is 406 g/mol. The topological polar surface area (TPSA) is 122 Å². The Bertz CT molecular complexity index is 1160. The molecule has 1 heterocycles. The Morgan fingerprint density at radius 1 is 1.21 bits per heavy atom. The summed E-state index contributed by atoms with van der Waals surface area (Å²) in [7, 11) is -3.88. The molecule has 146 valence electrons. The Hall–Kier alpha value is -3.33. The molecule has 9 heteroatoms. The third kappa shape index (κ3) is 4.15. The van der Waals surface area contributed by atoms with Crippen molar-refractivity contribution in [1.29, 1.82) is 0 Å². The highest BCUT2D eigenvalue weighted by Gasteiger charge is 2.39. The number of benzene rings is 2. The van der Waals surface area contributed by atoms with Crippen molar-refractivity contribution in [3.05, 3.63) is 82.9 Å². The number of ketones is 1. The molecule has 8 nitrogen and oxygen atoms in total. The Morgan fingerprint density at radius 3 is 2.46 bits per heavy atom. The number of methoxy groups -OCH3 is 1. The molecule has 0 amide bonds. The van der Waals surface area contributed by atoms with E-state index >= 15 is 0 Å². The summed E-state index contributed by atoms with van der Waals surface area (Å²) in [5.74, 6) is -3.68. The summed E-state index contributed by atoms with van der Waals surface area (Å²) < 4.78 is 63.9. The number of Topliss-reactive ketones (excluding diaryl/α,β-unsaturated/α-hetero) is 1. The van der Waals surface area contributed by atoms with Crippen LogP contribution >= 0.6 is 0 Å². The summed E-state index contributed by atoms with van der Waals surface area (Å²) in [6.07, 6.45) is -2.48.